The normalized spacial score (nSPS) is 10.2. The molecule has 4 heteroatoms. The zero-order chi connectivity index (χ0) is 11.9. The first kappa shape index (κ1) is 12.3. The number of halogens is 1. The van der Waals surface area contributed by atoms with Crippen LogP contribution in [0.15, 0.2) is 53.7 Å². The number of anilines is 1. The zero-order valence-corrected chi connectivity index (χ0v) is 10.8. The second-order valence-electron chi connectivity index (χ2n) is 3.47. The van der Waals surface area contributed by atoms with Crippen molar-refractivity contribution in [3.63, 3.8) is 0 Å². The van der Waals surface area contributed by atoms with Crippen LogP contribution in [0.1, 0.15) is 0 Å². The van der Waals surface area contributed by atoms with E-state index in [9.17, 15) is 0 Å². The van der Waals surface area contributed by atoms with Gasteiger partial charge in [-0.05, 0) is 30.3 Å². The summed E-state index contributed by atoms with van der Waals surface area (Å²) in [6.07, 6.45) is 3.62. The first-order valence-electron chi connectivity index (χ1n) is 5.37. The Labute approximate surface area is 110 Å². The van der Waals surface area contributed by atoms with Crippen molar-refractivity contribution in [2.75, 3.05) is 17.6 Å². The Bertz CT molecular complexity index is 462. The van der Waals surface area contributed by atoms with Crippen LogP contribution in [-0.4, -0.2) is 17.3 Å². The largest absolute Gasteiger partial charge is 0.384 e. The molecule has 2 nitrogen and oxygen atoms in total. The van der Waals surface area contributed by atoms with E-state index in [4.69, 9.17) is 11.6 Å². The molecule has 2 rings (SSSR count). The molecule has 88 valence electrons. The van der Waals surface area contributed by atoms with Crippen LogP contribution < -0.4 is 5.32 Å². The third kappa shape index (κ3) is 4.29. The van der Waals surface area contributed by atoms with Gasteiger partial charge in [0.1, 0.15) is 0 Å². The van der Waals surface area contributed by atoms with Crippen molar-refractivity contribution in [2.24, 2.45) is 0 Å². The van der Waals surface area contributed by atoms with Crippen molar-refractivity contribution >= 4 is 29.1 Å². The van der Waals surface area contributed by atoms with E-state index in [1.165, 1.54) is 4.90 Å². The van der Waals surface area contributed by atoms with E-state index in [2.05, 4.69) is 10.3 Å². The van der Waals surface area contributed by atoms with E-state index in [-0.39, 0.29) is 0 Å². The second-order valence-corrected chi connectivity index (χ2v) is 5.07. The molecule has 1 N–H and O–H groups in total. The number of rotatable bonds is 5. The summed E-state index contributed by atoms with van der Waals surface area (Å²) in [5.41, 5.74) is 1.06. The molecular formula is C13H13ClN2S. The van der Waals surface area contributed by atoms with Gasteiger partial charge in [-0.1, -0.05) is 17.7 Å². The van der Waals surface area contributed by atoms with Crippen molar-refractivity contribution in [1.29, 1.82) is 0 Å². The quantitative estimate of drug-likeness (QED) is 0.654. The summed E-state index contributed by atoms with van der Waals surface area (Å²) in [4.78, 5) is 5.23. The number of aromatic nitrogens is 1. The first-order valence-corrected chi connectivity index (χ1v) is 6.73. The molecule has 0 aliphatic rings. The summed E-state index contributed by atoms with van der Waals surface area (Å²) < 4.78 is 0. The number of thioether (sulfide) groups is 1. The van der Waals surface area contributed by atoms with Gasteiger partial charge in [-0.2, -0.15) is 0 Å². The maximum atomic E-state index is 5.90. The molecule has 0 fully saturated rings. The number of nitrogens with one attached hydrogen (secondary N) is 1. The molecule has 0 aliphatic heterocycles. The molecule has 2 aromatic rings. The molecule has 1 heterocycles. The summed E-state index contributed by atoms with van der Waals surface area (Å²) >= 11 is 7.71. The fourth-order valence-corrected chi connectivity index (χ4v) is 2.34. The minimum absolute atomic E-state index is 0.761. The van der Waals surface area contributed by atoms with Crippen molar-refractivity contribution in [3.8, 4) is 0 Å². The molecule has 0 radical (unpaired) electrons. The topological polar surface area (TPSA) is 24.9 Å². The smallest absolute Gasteiger partial charge is 0.0426 e. The van der Waals surface area contributed by atoms with E-state index >= 15 is 0 Å². The van der Waals surface area contributed by atoms with Crippen LogP contribution in [0.5, 0.6) is 0 Å². The number of pyridine rings is 1. The van der Waals surface area contributed by atoms with Crippen LogP contribution >= 0.6 is 23.4 Å². The van der Waals surface area contributed by atoms with Gasteiger partial charge in [0.25, 0.3) is 0 Å². The van der Waals surface area contributed by atoms with Crippen LogP contribution in [0.25, 0.3) is 0 Å². The van der Waals surface area contributed by atoms with Crippen molar-refractivity contribution in [2.45, 2.75) is 4.90 Å². The Morgan fingerprint density at radius 2 is 2.00 bits per heavy atom. The molecule has 0 unspecified atom stereocenters. The van der Waals surface area contributed by atoms with E-state index in [1.54, 1.807) is 0 Å². The van der Waals surface area contributed by atoms with Crippen LogP contribution in [0.3, 0.4) is 0 Å². The zero-order valence-electron chi connectivity index (χ0n) is 9.27. The highest BCUT2D eigenvalue weighted by molar-refractivity contribution is 7.99. The average Bonchev–Trinajstić information content (AvgIpc) is 2.36. The average molecular weight is 265 g/mol. The van der Waals surface area contributed by atoms with Crippen molar-refractivity contribution in [3.05, 3.63) is 53.8 Å². The minimum atomic E-state index is 0.761. The molecule has 0 saturated carbocycles. The van der Waals surface area contributed by atoms with E-state index in [0.29, 0.717) is 0 Å². The maximum Gasteiger partial charge on any atom is 0.0426 e. The summed E-state index contributed by atoms with van der Waals surface area (Å²) in [6, 6.07) is 11.8. The van der Waals surface area contributed by atoms with E-state index in [0.717, 1.165) is 23.0 Å². The number of benzene rings is 1. The Balaban J connectivity index is 1.73. The van der Waals surface area contributed by atoms with Gasteiger partial charge in [-0.15, -0.1) is 11.8 Å². The lowest BCUT2D eigenvalue weighted by atomic mass is 10.3. The number of nitrogens with zero attached hydrogens (tertiary/aromatic N) is 1. The van der Waals surface area contributed by atoms with E-state index in [1.807, 2.05) is 60.6 Å². The van der Waals surface area contributed by atoms with Crippen LogP contribution in [0, 0.1) is 0 Å². The molecule has 0 amide bonds. The van der Waals surface area contributed by atoms with Gasteiger partial charge in [0, 0.05) is 40.3 Å². The third-order valence-corrected chi connectivity index (χ3v) is 3.42. The fraction of sp³-hybridized carbons (Fsp3) is 0.154. The predicted molar refractivity (Wildman–Crippen MR) is 74.9 cm³/mol. The molecule has 1 aromatic heterocycles. The number of hydrogen-bond acceptors (Lipinski definition) is 3. The van der Waals surface area contributed by atoms with E-state index < -0.39 is 0 Å². The molecule has 1 aromatic carbocycles. The second kappa shape index (κ2) is 6.52. The Morgan fingerprint density at radius 1 is 1.18 bits per heavy atom. The molecule has 17 heavy (non-hydrogen) atoms. The summed E-state index contributed by atoms with van der Waals surface area (Å²) in [6.45, 7) is 0.910. The SMILES string of the molecule is Clc1cccc(NCCSc2ccncc2)c1. The Kier molecular flexibility index (Phi) is 4.71. The van der Waals surface area contributed by atoms with Crippen LogP contribution in [0.4, 0.5) is 5.69 Å². The van der Waals surface area contributed by atoms with Gasteiger partial charge in [0.15, 0.2) is 0 Å². The summed E-state index contributed by atoms with van der Waals surface area (Å²) in [5, 5.41) is 4.10. The van der Waals surface area contributed by atoms with Gasteiger partial charge < -0.3 is 5.32 Å². The first-order chi connectivity index (χ1) is 8.34. The van der Waals surface area contributed by atoms with Crippen LogP contribution in [-0.2, 0) is 0 Å². The molecule has 0 spiro atoms. The minimum Gasteiger partial charge on any atom is -0.384 e. The highest BCUT2D eigenvalue weighted by Crippen LogP contribution is 2.17. The molecule has 0 saturated heterocycles. The van der Waals surface area contributed by atoms with Gasteiger partial charge in [0.2, 0.25) is 0 Å². The standard InChI is InChI=1S/C13H13ClN2S/c14-11-2-1-3-12(10-11)16-8-9-17-13-4-6-15-7-5-13/h1-7,10,16H,8-9H2. The summed E-state index contributed by atoms with van der Waals surface area (Å²) in [5.74, 6) is 1.01. The molecule has 0 atom stereocenters. The Morgan fingerprint density at radius 3 is 2.76 bits per heavy atom. The van der Waals surface area contributed by atoms with Crippen molar-refractivity contribution in [1.82, 2.24) is 4.98 Å². The van der Waals surface area contributed by atoms with Crippen LogP contribution in [0.2, 0.25) is 5.02 Å². The third-order valence-electron chi connectivity index (χ3n) is 2.17. The Hall–Kier alpha value is -1.19. The fourth-order valence-electron chi connectivity index (χ4n) is 1.40. The molecular weight excluding hydrogens is 252 g/mol. The van der Waals surface area contributed by atoms with Gasteiger partial charge in [0.05, 0.1) is 0 Å². The maximum absolute atomic E-state index is 5.90. The molecule has 0 bridgehead atoms. The van der Waals surface area contributed by atoms with Gasteiger partial charge in [-0.25, -0.2) is 0 Å². The van der Waals surface area contributed by atoms with Gasteiger partial charge >= 0.3 is 0 Å². The highest BCUT2D eigenvalue weighted by Gasteiger charge is 1.95. The number of hydrogen-bond donors (Lipinski definition) is 1. The van der Waals surface area contributed by atoms with Gasteiger partial charge in [-0.3, -0.25) is 4.98 Å². The lowest BCUT2D eigenvalue weighted by Crippen LogP contribution is -2.03. The molecule has 0 aliphatic carbocycles. The predicted octanol–water partition coefficient (Wildman–Crippen LogP) is 3.94. The lowest BCUT2D eigenvalue weighted by molar-refractivity contribution is 1.21. The monoisotopic (exact) mass is 264 g/mol. The summed E-state index contributed by atoms with van der Waals surface area (Å²) in [7, 11) is 0. The lowest BCUT2D eigenvalue weighted by Gasteiger charge is -2.06. The van der Waals surface area contributed by atoms with Crippen molar-refractivity contribution < 1.29 is 0 Å². The highest BCUT2D eigenvalue weighted by atomic mass is 35.5.